The van der Waals surface area contributed by atoms with Crippen molar-refractivity contribution in [1.29, 1.82) is 0 Å². The first-order chi connectivity index (χ1) is 8.03. The molecule has 1 aliphatic rings. The Labute approximate surface area is 103 Å². The molecule has 17 heavy (non-hydrogen) atoms. The van der Waals surface area contributed by atoms with E-state index in [1.54, 1.807) is 12.1 Å². The average molecular weight is 236 g/mol. The molecule has 0 bridgehead atoms. The largest absolute Gasteiger partial charge is 0.389 e. The fraction of sp³-hybridized carbons (Fsp3) is 0.600. The van der Waals surface area contributed by atoms with E-state index in [0.717, 1.165) is 12.8 Å². The molecular formula is C15H21FO. The normalized spacial score (nSPS) is 33.6. The molecule has 0 radical (unpaired) electrons. The summed E-state index contributed by atoms with van der Waals surface area (Å²) in [6.45, 7) is 4.26. The van der Waals surface area contributed by atoms with Crippen LogP contribution in [-0.4, -0.2) is 10.7 Å². The lowest BCUT2D eigenvalue weighted by molar-refractivity contribution is -0.0625. The van der Waals surface area contributed by atoms with Crippen LogP contribution in [0.15, 0.2) is 24.3 Å². The van der Waals surface area contributed by atoms with Crippen molar-refractivity contribution < 1.29 is 9.50 Å². The summed E-state index contributed by atoms with van der Waals surface area (Å²) in [5.74, 6) is 0.544. The van der Waals surface area contributed by atoms with E-state index in [1.807, 2.05) is 6.07 Å². The summed E-state index contributed by atoms with van der Waals surface area (Å²) in [5, 5.41) is 10.7. The fourth-order valence-electron chi connectivity index (χ4n) is 2.96. The van der Waals surface area contributed by atoms with Crippen molar-refractivity contribution in [3.63, 3.8) is 0 Å². The van der Waals surface area contributed by atoms with Crippen LogP contribution >= 0.6 is 0 Å². The molecule has 1 aromatic rings. The van der Waals surface area contributed by atoms with E-state index >= 15 is 0 Å². The van der Waals surface area contributed by atoms with Crippen LogP contribution in [0.25, 0.3) is 0 Å². The van der Waals surface area contributed by atoms with Crippen LogP contribution in [0.3, 0.4) is 0 Å². The Morgan fingerprint density at radius 1 is 1.35 bits per heavy atom. The molecule has 0 heterocycles. The summed E-state index contributed by atoms with van der Waals surface area (Å²) in [6, 6.07) is 6.77. The fourth-order valence-corrected chi connectivity index (χ4v) is 2.96. The summed E-state index contributed by atoms with van der Waals surface area (Å²) in [6.07, 6.45) is 3.43. The number of aliphatic hydroxyl groups is 1. The summed E-state index contributed by atoms with van der Waals surface area (Å²) in [5.41, 5.74) is -0.101. The first-order valence-electron chi connectivity index (χ1n) is 6.49. The van der Waals surface area contributed by atoms with Gasteiger partial charge in [-0.3, -0.25) is 0 Å². The summed E-state index contributed by atoms with van der Waals surface area (Å²) in [4.78, 5) is 0. The molecule has 3 atom stereocenters. The van der Waals surface area contributed by atoms with Gasteiger partial charge >= 0.3 is 0 Å². The quantitative estimate of drug-likeness (QED) is 0.832. The van der Waals surface area contributed by atoms with Crippen LogP contribution in [0.2, 0.25) is 0 Å². The molecule has 0 saturated heterocycles. The lowest BCUT2D eigenvalue weighted by Crippen LogP contribution is -2.45. The molecule has 3 unspecified atom stereocenters. The minimum atomic E-state index is -0.736. The molecule has 1 aliphatic carbocycles. The van der Waals surface area contributed by atoms with E-state index in [0.29, 0.717) is 17.9 Å². The Balaban J connectivity index is 2.19. The maximum Gasteiger partial charge on any atom is 0.126 e. The van der Waals surface area contributed by atoms with Crippen molar-refractivity contribution in [3.05, 3.63) is 35.6 Å². The first-order valence-corrected chi connectivity index (χ1v) is 6.49. The van der Waals surface area contributed by atoms with E-state index in [4.69, 9.17) is 0 Å². The van der Waals surface area contributed by atoms with Crippen LogP contribution in [-0.2, 0) is 6.42 Å². The van der Waals surface area contributed by atoms with Crippen LogP contribution in [0, 0.1) is 17.7 Å². The Kier molecular flexibility index (Phi) is 3.53. The van der Waals surface area contributed by atoms with E-state index in [-0.39, 0.29) is 11.7 Å². The summed E-state index contributed by atoms with van der Waals surface area (Å²) < 4.78 is 13.6. The van der Waals surface area contributed by atoms with Crippen molar-refractivity contribution in [2.75, 3.05) is 0 Å². The van der Waals surface area contributed by atoms with Gasteiger partial charge in [0.05, 0.1) is 5.60 Å². The van der Waals surface area contributed by atoms with Gasteiger partial charge in [-0.25, -0.2) is 4.39 Å². The highest BCUT2D eigenvalue weighted by molar-refractivity contribution is 5.20. The molecule has 1 saturated carbocycles. The zero-order valence-electron chi connectivity index (χ0n) is 10.6. The highest BCUT2D eigenvalue weighted by Crippen LogP contribution is 2.39. The minimum absolute atomic E-state index is 0.202. The third-order valence-corrected chi connectivity index (χ3v) is 4.42. The van der Waals surface area contributed by atoms with Crippen LogP contribution in [0.5, 0.6) is 0 Å². The molecule has 0 amide bonds. The predicted octanol–water partition coefficient (Wildman–Crippen LogP) is 3.56. The van der Waals surface area contributed by atoms with Gasteiger partial charge < -0.3 is 5.11 Å². The predicted molar refractivity (Wildman–Crippen MR) is 67.2 cm³/mol. The zero-order valence-corrected chi connectivity index (χ0v) is 10.6. The summed E-state index contributed by atoms with van der Waals surface area (Å²) >= 11 is 0. The van der Waals surface area contributed by atoms with E-state index in [1.165, 1.54) is 12.5 Å². The van der Waals surface area contributed by atoms with Crippen LogP contribution < -0.4 is 0 Å². The van der Waals surface area contributed by atoms with Gasteiger partial charge in [0, 0.05) is 6.42 Å². The van der Waals surface area contributed by atoms with Gasteiger partial charge in [0.15, 0.2) is 0 Å². The van der Waals surface area contributed by atoms with Crippen molar-refractivity contribution in [2.45, 2.75) is 45.1 Å². The van der Waals surface area contributed by atoms with Gasteiger partial charge in [-0.2, -0.15) is 0 Å². The van der Waals surface area contributed by atoms with Crippen LogP contribution in [0.4, 0.5) is 4.39 Å². The van der Waals surface area contributed by atoms with Crippen molar-refractivity contribution in [1.82, 2.24) is 0 Å². The Bertz CT molecular complexity index is 390. The lowest BCUT2D eigenvalue weighted by atomic mass is 9.68. The van der Waals surface area contributed by atoms with Gasteiger partial charge in [0.1, 0.15) is 5.82 Å². The summed E-state index contributed by atoms with van der Waals surface area (Å²) in [7, 11) is 0. The zero-order chi connectivity index (χ0) is 12.5. The number of hydrogen-bond donors (Lipinski definition) is 1. The van der Waals surface area contributed by atoms with Gasteiger partial charge in [0.2, 0.25) is 0 Å². The van der Waals surface area contributed by atoms with Crippen LogP contribution in [0.1, 0.15) is 38.7 Å². The maximum atomic E-state index is 13.6. The standard InChI is InChI=1S/C15H21FO/c1-11-6-5-9-15(17,12(11)2)10-13-7-3-4-8-14(13)16/h3-4,7-8,11-12,17H,5-6,9-10H2,1-2H3. The monoisotopic (exact) mass is 236 g/mol. The lowest BCUT2D eigenvalue weighted by Gasteiger charge is -2.42. The first kappa shape index (κ1) is 12.6. The van der Waals surface area contributed by atoms with Gasteiger partial charge in [0.25, 0.3) is 0 Å². The van der Waals surface area contributed by atoms with Gasteiger partial charge in [-0.05, 0) is 29.9 Å². The van der Waals surface area contributed by atoms with Crippen molar-refractivity contribution in [3.8, 4) is 0 Å². The highest BCUT2D eigenvalue weighted by Gasteiger charge is 2.40. The van der Waals surface area contributed by atoms with E-state index < -0.39 is 5.60 Å². The molecule has 0 aromatic heterocycles. The van der Waals surface area contributed by atoms with Crippen molar-refractivity contribution in [2.24, 2.45) is 11.8 Å². The third-order valence-electron chi connectivity index (χ3n) is 4.42. The molecule has 1 fully saturated rings. The molecular weight excluding hydrogens is 215 g/mol. The molecule has 1 N–H and O–H groups in total. The third kappa shape index (κ3) is 2.52. The molecule has 2 heteroatoms. The molecule has 1 nitrogen and oxygen atoms in total. The second kappa shape index (κ2) is 4.77. The Morgan fingerprint density at radius 2 is 2.06 bits per heavy atom. The number of benzene rings is 1. The van der Waals surface area contributed by atoms with E-state index in [2.05, 4.69) is 13.8 Å². The number of rotatable bonds is 2. The topological polar surface area (TPSA) is 20.2 Å². The van der Waals surface area contributed by atoms with E-state index in [9.17, 15) is 9.50 Å². The SMILES string of the molecule is CC1CCCC(O)(Cc2ccccc2F)C1C. The van der Waals surface area contributed by atoms with Gasteiger partial charge in [-0.15, -0.1) is 0 Å². The highest BCUT2D eigenvalue weighted by atomic mass is 19.1. The Morgan fingerprint density at radius 3 is 2.76 bits per heavy atom. The molecule has 0 aliphatic heterocycles. The smallest absolute Gasteiger partial charge is 0.126 e. The maximum absolute atomic E-state index is 13.6. The number of hydrogen-bond acceptors (Lipinski definition) is 1. The van der Waals surface area contributed by atoms with Crippen molar-refractivity contribution >= 4 is 0 Å². The molecule has 2 rings (SSSR count). The second-order valence-electron chi connectivity index (χ2n) is 5.53. The Hall–Kier alpha value is -0.890. The number of halogens is 1. The minimum Gasteiger partial charge on any atom is -0.389 e. The molecule has 0 spiro atoms. The second-order valence-corrected chi connectivity index (χ2v) is 5.53. The molecule has 1 aromatic carbocycles. The van der Waals surface area contributed by atoms with Gasteiger partial charge in [-0.1, -0.05) is 44.9 Å². The molecule has 94 valence electrons. The average Bonchev–Trinajstić information content (AvgIpc) is 2.29.